The van der Waals surface area contributed by atoms with Crippen molar-refractivity contribution >= 4 is 34.6 Å². The highest BCUT2D eigenvalue weighted by molar-refractivity contribution is 6.30. The average molecular weight is 486 g/mol. The third-order valence-electron chi connectivity index (χ3n) is 5.83. The molecule has 0 fully saturated rings. The Kier molecular flexibility index (Phi) is 7.95. The van der Waals surface area contributed by atoms with Crippen LogP contribution in [-0.2, 0) is 6.42 Å². The molecule has 1 atom stereocenters. The van der Waals surface area contributed by atoms with Crippen LogP contribution in [0.15, 0.2) is 95.2 Å². The third-order valence-corrected chi connectivity index (χ3v) is 6.09. The molecule has 1 unspecified atom stereocenters. The van der Waals surface area contributed by atoms with Gasteiger partial charge in [-0.25, -0.2) is 4.98 Å². The Balaban J connectivity index is 1.72. The maximum atomic E-state index is 6.31. The number of aromatic nitrogens is 1. The summed E-state index contributed by atoms with van der Waals surface area (Å²) in [6, 6.07) is 27.5. The first-order chi connectivity index (χ1) is 17.0. The molecule has 4 N–H and O–H groups in total. The fourth-order valence-electron chi connectivity index (χ4n) is 4.10. The zero-order valence-electron chi connectivity index (χ0n) is 19.6. The first-order valence-corrected chi connectivity index (χ1v) is 11.8. The van der Waals surface area contributed by atoms with Crippen molar-refractivity contribution in [1.29, 1.82) is 0 Å². The van der Waals surface area contributed by atoms with E-state index in [0.29, 0.717) is 22.2 Å². The van der Waals surface area contributed by atoms with Crippen LogP contribution in [-0.4, -0.2) is 12.1 Å². The number of hydrogen-bond donors (Lipinski definition) is 2. The molecule has 0 radical (unpaired) electrons. The number of nitrogen functional groups attached to an aromatic ring is 2. The lowest BCUT2D eigenvalue weighted by atomic mass is 9.85. The van der Waals surface area contributed by atoms with Gasteiger partial charge in [-0.05, 0) is 78.4 Å². The Bertz CT molecular complexity index is 1290. The number of aryl methyl sites for hydroxylation is 1. The minimum absolute atomic E-state index is 0.0272. The highest BCUT2D eigenvalue weighted by atomic mass is 35.5. The molecule has 0 bridgehead atoms. The number of nitrogens with zero attached hydrogens (tertiary/aromatic N) is 3. The van der Waals surface area contributed by atoms with E-state index in [1.807, 2.05) is 30.3 Å². The number of benzene rings is 3. The Labute approximate surface area is 210 Å². The molecule has 1 heterocycles. The number of hydrogen-bond acceptors (Lipinski definition) is 6. The van der Waals surface area contributed by atoms with Crippen LogP contribution in [0.3, 0.4) is 0 Å². The summed E-state index contributed by atoms with van der Waals surface area (Å²) in [7, 11) is 1.66. The zero-order chi connectivity index (χ0) is 24.6. The van der Waals surface area contributed by atoms with Crippen LogP contribution in [0, 0.1) is 0 Å². The summed E-state index contributed by atoms with van der Waals surface area (Å²) >= 11 is 6.00. The van der Waals surface area contributed by atoms with Crippen molar-refractivity contribution in [2.24, 2.45) is 10.2 Å². The molecule has 4 rings (SSSR count). The van der Waals surface area contributed by atoms with Gasteiger partial charge >= 0.3 is 0 Å². The van der Waals surface area contributed by atoms with Crippen LogP contribution in [0.4, 0.5) is 23.0 Å². The lowest BCUT2D eigenvalue weighted by Gasteiger charge is -2.21. The maximum Gasteiger partial charge on any atom is 0.154 e. The van der Waals surface area contributed by atoms with E-state index in [0.717, 1.165) is 36.1 Å². The van der Waals surface area contributed by atoms with Gasteiger partial charge in [-0.15, -0.1) is 5.11 Å². The number of pyridine rings is 1. The molecular weight excluding hydrogens is 458 g/mol. The van der Waals surface area contributed by atoms with Gasteiger partial charge < -0.3 is 16.2 Å². The molecule has 0 saturated heterocycles. The van der Waals surface area contributed by atoms with Gasteiger partial charge in [-0.1, -0.05) is 54.1 Å². The second-order valence-electron chi connectivity index (χ2n) is 8.25. The minimum atomic E-state index is -0.0272. The van der Waals surface area contributed by atoms with Gasteiger partial charge in [0, 0.05) is 10.9 Å². The van der Waals surface area contributed by atoms with Gasteiger partial charge in [0.15, 0.2) is 5.82 Å². The SMILES string of the molecule is COc1cccc(C(CCCc2ccccc2)c2cc(N)nc(N)c2/N=N/c2ccc(Cl)cc2)c1. The van der Waals surface area contributed by atoms with E-state index in [1.165, 1.54) is 5.56 Å². The van der Waals surface area contributed by atoms with Crippen molar-refractivity contribution in [1.82, 2.24) is 4.98 Å². The van der Waals surface area contributed by atoms with Gasteiger partial charge in [0.1, 0.15) is 17.3 Å². The average Bonchev–Trinajstić information content (AvgIpc) is 2.87. The quantitative estimate of drug-likeness (QED) is 0.240. The molecule has 35 heavy (non-hydrogen) atoms. The topological polar surface area (TPSA) is 98.9 Å². The van der Waals surface area contributed by atoms with Crippen LogP contribution < -0.4 is 16.2 Å². The van der Waals surface area contributed by atoms with Crippen LogP contribution in [0.2, 0.25) is 5.02 Å². The van der Waals surface area contributed by atoms with Crippen molar-refractivity contribution in [2.45, 2.75) is 25.2 Å². The van der Waals surface area contributed by atoms with Gasteiger partial charge in [0.05, 0.1) is 12.8 Å². The monoisotopic (exact) mass is 485 g/mol. The first kappa shape index (κ1) is 24.2. The summed E-state index contributed by atoms with van der Waals surface area (Å²) in [5.74, 6) is 1.35. The molecule has 0 aliphatic heterocycles. The lowest BCUT2D eigenvalue weighted by Crippen LogP contribution is -2.07. The van der Waals surface area contributed by atoms with E-state index in [2.05, 4.69) is 45.5 Å². The van der Waals surface area contributed by atoms with Crippen molar-refractivity contribution in [2.75, 3.05) is 18.6 Å². The summed E-state index contributed by atoms with van der Waals surface area (Å²) in [4.78, 5) is 4.25. The smallest absolute Gasteiger partial charge is 0.154 e. The predicted octanol–water partition coefficient (Wildman–Crippen LogP) is 7.48. The molecule has 4 aromatic rings. The van der Waals surface area contributed by atoms with Gasteiger partial charge in [0.25, 0.3) is 0 Å². The van der Waals surface area contributed by atoms with Gasteiger partial charge in [0.2, 0.25) is 0 Å². The summed E-state index contributed by atoms with van der Waals surface area (Å²) in [6.45, 7) is 0. The molecule has 1 aromatic heterocycles. The molecule has 3 aromatic carbocycles. The molecule has 7 heteroatoms. The number of ether oxygens (including phenoxy) is 1. The number of methoxy groups -OCH3 is 1. The van der Waals surface area contributed by atoms with E-state index >= 15 is 0 Å². The third kappa shape index (κ3) is 6.37. The number of nitrogens with two attached hydrogens (primary N) is 2. The molecule has 0 saturated carbocycles. The summed E-state index contributed by atoms with van der Waals surface area (Å²) < 4.78 is 5.49. The summed E-state index contributed by atoms with van der Waals surface area (Å²) in [5, 5.41) is 9.53. The van der Waals surface area contributed by atoms with Crippen LogP contribution in [0.5, 0.6) is 5.75 Å². The van der Waals surface area contributed by atoms with E-state index in [1.54, 1.807) is 31.4 Å². The molecule has 0 amide bonds. The molecule has 178 valence electrons. The standard InChI is InChI=1S/C28H28ClN5O/c1-35-23-11-6-10-20(17-23)24(12-5-9-19-7-3-2-4-8-19)25-18-26(30)32-28(31)27(25)34-33-22-15-13-21(29)14-16-22/h2-4,6-8,10-11,13-18,24H,5,9,12H2,1H3,(H4,30,31,32)/b34-33+. The van der Waals surface area contributed by atoms with Crippen molar-refractivity contribution < 1.29 is 4.74 Å². The maximum absolute atomic E-state index is 6.31. The highest BCUT2D eigenvalue weighted by Gasteiger charge is 2.22. The lowest BCUT2D eigenvalue weighted by molar-refractivity contribution is 0.414. The van der Waals surface area contributed by atoms with Crippen LogP contribution >= 0.6 is 11.6 Å². The summed E-state index contributed by atoms with van der Waals surface area (Å²) in [6.07, 6.45) is 2.77. The largest absolute Gasteiger partial charge is 0.497 e. The first-order valence-electron chi connectivity index (χ1n) is 11.4. The number of halogens is 1. The molecule has 0 spiro atoms. The van der Waals surface area contributed by atoms with Crippen molar-refractivity contribution in [3.63, 3.8) is 0 Å². The Hall–Kier alpha value is -3.90. The summed E-state index contributed by atoms with van der Waals surface area (Å²) in [5.41, 5.74) is 16.9. The van der Waals surface area contributed by atoms with E-state index in [4.69, 9.17) is 27.8 Å². The van der Waals surface area contributed by atoms with Gasteiger partial charge in [-0.2, -0.15) is 5.11 Å². The van der Waals surface area contributed by atoms with E-state index < -0.39 is 0 Å². The molecule has 0 aliphatic rings. The van der Waals surface area contributed by atoms with Crippen molar-refractivity contribution in [3.05, 3.63) is 107 Å². The molecule has 6 nitrogen and oxygen atoms in total. The number of anilines is 2. The Morgan fingerprint density at radius 3 is 2.43 bits per heavy atom. The fourth-order valence-corrected chi connectivity index (χ4v) is 4.23. The normalized spacial score (nSPS) is 12.1. The van der Waals surface area contributed by atoms with Crippen LogP contribution in [0.1, 0.15) is 35.4 Å². The molecule has 0 aliphatic carbocycles. The fraction of sp³-hybridized carbons (Fsp3) is 0.179. The zero-order valence-corrected chi connectivity index (χ0v) is 20.3. The second kappa shape index (κ2) is 11.5. The Morgan fingerprint density at radius 1 is 0.914 bits per heavy atom. The molecular formula is C28H28ClN5O. The predicted molar refractivity (Wildman–Crippen MR) is 143 cm³/mol. The second-order valence-corrected chi connectivity index (χ2v) is 8.69. The minimum Gasteiger partial charge on any atom is -0.497 e. The number of azo groups is 1. The van der Waals surface area contributed by atoms with E-state index in [9.17, 15) is 0 Å². The van der Waals surface area contributed by atoms with Crippen molar-refractivity contribution in [3.8, 4) is 5.75 Å². The Morgan fingerprint density at radius 2 is 1.69 bits per heavy atom. The van der Waals surface area contributed by atoms with E-state index in [-0.39, 0.29) is 11.7 Å². The highest BCUT2D eigenvalue weighted by Crippen LogP contribution is 2.40. The van der Waals surface area contributed by atoms with Gasteiger partial charge in [-0.3, -0.25) is 0 Å². The van der Waals surface area contributed by atoms with Crippen LogP contribution in [0.25, 0.3) is 0 Å². The number of rotatable bonds is 9.